The molecular formula is C22H26N2. The van der Waals surface area contributed by atoms with Crippen LogP contribution < -0.4 is 5.32 Å². The second-order valence-electron chi connectivity index (χ2n) is 5.24. The second kappa shape index (κ2) is 9.64. The van der Waals surface area contributed by atoms with E-state index in [2.05, 4.69) is 71.8 Å². The van der Waals surface area contributed by atoms with Crippen molar-refractivity contribution in [2.24, 2.45) is 0 Å². The Morgan fingerprint density at radius 2 is 1.50 bits per heavy atom. The van der Waals surface area contributed by atoms with Gasteiger partial charge in [-0.15, -0.1) is 0 Å². The van der Waals surface area contributed by atoms with Gasteiger partial charge in [0.05, 0.1) is 5.69 Å². The highest BCUT2D eigenvalue weighted by molar-refractivity contribution is 5.80. The van der Waals surface area contributed by atoms with Crippen LogP contribution in [0.1, 0.15) is 26.3 Å². The number of hydrogen-bond donors (Lipinski definition) is 1. The van der Waals surface area contributed by atoms with Crippen LogP contribution in [-0.2, 0) is 6.54 Å². The molecule has 0 atom stereocenters. The Morgan fingerprint density at radius 3 is 2.17 bits per heavy atom. The Morgan fingerprint density at radius 1 is 0.792 bits per heavy atom. The van der Waals surface area contributed by atoms with E-state index in [1.165, 1.54) is 16.7 Å². The van der Waals surface area contributed by atoms with Crippen molar-refractivity contribution in [3.05, 3.63) is 78.5 Å². The van der Waals surface area contributed by atoms with E-state index in [0.29, 0.717) is 0 Å². The molecule has 0 saturated heterocycles. The smallest absolute Gasteiger partial charge is 0.0780 e. The molecule has 0 radical (unpaired) electrons. The molecule has 3 rings (SSSR count). The van der Waals surface area contributed by atoms with Gasteiger partial charge in [0, 0.05) is 23.9 Å². The summed E-state index contributed by atoms with van der Waals surface area (Å²) < 4.78 is 0. The Balaban J connectivity index is 0.00000100. The summed E-state index contributed by atoms with van der Waals surface area (Å²) in [6.45, 7) is 8.01. The summed E-state index contributed by atoms with van der Waals surface area (Å²) in [6.07, 6.45) is 1.86. The van der Waals surface area contributed by atoms with Crippen molar-refractivity contribution in [2.75, 3.05) is 6.54 Å². The molecule has 0 spiro atoms. The van der Waals surface area contributed by atoms with Crippen LogP contribution in [0.15, 0.2) is 72.9 Å². The monoisotopic (exact) mass is 318 g/mol. The lowest BCUT2D eigenvalue weighted by Crippen LogP contribution is -2.11. The third-order valence-electron chi connectivity index (χ3n) is 3.70. The van der Waals surface area contributed by atoms with E-state index in [9.17, 15) is 0 Å². The van der Waals surface area contributed by atoms with E-state index in [0.717, 1.165) is 24.3 Å². The van der Waals surface area contributed by atoms with E-state index in [4.69, 9.17) is 0 Å². The standard InChI is InChI=1S/C20H20N2.C2H6/c1-2-21-15-16-10-12-18(13-11-16)20-19(9-6-14-22-20)17-7-4-3-5-8-17;1-2/h3-14,21H,2,15H2,1H3;1-2H3. The van der Waals surface area contributed by atoms with Gasteiger partial charge in [-0.25, -0.2) is 0 Å². The average Bonchev–Trinajstić information content (AvgIpc) is 2.69. The van der Waals surface area contributed by atoms with Gasteiger partial charge in [0.1, 0.15) is 0 Å². The number of nitrogens with one attached hydrogen (secondary N) is 1. The van der Waals surface area contributed by atoms with Crippen LogP contribution in [0.2, 0.25) is 0 Å². The predicted octanol–water partition coefficient (Wildman–Crippen LogP) is 5.55. The maximum Gasteiger partial charge on any atom is 0.0780 e. The van der Waals surface area contributed by atoms with Crippen LogP contribution in [0, 0.1) is 0 Å². The maximum absolute atomic E-state index is 4.60. The molecular weight excluding hydrogens is 292 g/mol. The first-order valence-corrected chi connectivity index (χ1v) is 8.69. The minimum atomic E-state index is 0.907. The van der Waals surface area contributed by atoms with Gasteiger partial charge in [-0.1, -0.05) is 81.4 Å². The van der Waals surface area contributed by atoms with Crippen molar-refractivity contribution < 1.29 is 0 Å². The van der Waals surface area contributed by atoms with Gasteiger partial charge in [0.25, 0.3) is 0 Å². The number of nitrogens with zero attached hydrogens (tertiary/aromatic N) is 1. The van der Waals surface area contributed by atoms with Gasteiger partial charge in [-0.3, -0.25) is 4.98 Å². The molecule has 0 aliphatic heterocycles. The molecule has 1 heterocycles. The van der Waals surface area contributed by atoms with Crippen molar-refractivity contribution in [2.45, 2.75) is 27.3 Å². The summed E-state index contributed by atoms with van der Waals surface area (Å²) in [5.74, 6) is 0. The maximum atomic E-state index is 4.60. The minimum Gasteiger partial charge on any atom is -0.313 e. The molecule has 2 heteroatoms. The van der Waals surface area contributed by atoms with E-state index in [1.807, 2.05) is 32.2 Å². The van der Waals surface area contributed by atoms with Crippen LogP contribution >= 0.6 is 0 Å². The van der Waals surface area contributed by atoms with Crippen LogP contribution in [-0.4, -0.2) is 11.5 Å². The third kappa shape index (κ3) is 4.53. The lowest BCUT2D eigenvalue weighted by Gasteiger charge is -2.10. The van der Waals surface area contributed by atoms with Crippen LogP contribution in [0.4, 0.5) is 0 Å². The van der Waals surface area contributed by atoms with Gasteiger partial charge >= 0.3 is 0 Å². The van der Waals surface area contributed by atoms with Crippen molar-refractivity contribution in [3.8, 4) is 22.4 Å². The first-order valence-electron chi connectivity index (χ1n) is 8.69. The topological polar surface area (TPSA) is 24.9 Å². The zero-order chi connectivity index (χ0) is 17.2. The van der Waals surface area contributed by atoms with Crippen molar-refractivity contribution >= 4 is 0 Å². The Labute approximate surface area is 145 Å². The van der Waals surface area contributed by atoms with Crippen LogP contribution in [0.5, 0.6) is 0 Å². The second-order valence-corrected chi connectivity index (χ2v) is 5.24. The van der Waals surface area contributed by atoms with Crippen LogP contribution in [0.3, 0.4) is 0 Å². The van der Waals surface area contributed by atoms with Crippen LogP contribution in [0.25, 0.3) is 22.4 Å². The molecule has 1 N–H and O–H groups in total. The highest BCUT2D eigenvalue weighted by Crippen LogP contribution is 2.29. The molecule has 0 aliphatic rings. The largest absolute Gasteiger partial charge is 0.313 e. The van der Waals surface area contributed by atoms with E-state index >= 15 is 0 Å². The summed E-state index contributed by atoms with van der Waals surface area (Å²) in [6, 6.07) is 23.2. The highest BCUT2D eigenvalue weighted by Gasteiger charge is 2.08. The van der Waals surface area contributed by atoms with Gasteiger partial charge in [0.15, 0.2) is 0 Å². The molecule has 0 unspecified atom stereocenters. The number of aromatic nitrogens is 1. The first-order chi connectivity index (χ1) is 11.9. The number of rotatable bonds is 5. The summed E-state index contributed by atoms with van der Waals surface area (Å²) in [7, 11) is 0. The average molecular weight is 318 g/mol. The lowest BCUT2D eigenvalue weighted by atomic mass is 9.99. The Kier molecular flexibility index (Phi) is 7.19. The molecule has 124 valence electrons. The van der Waals surface area contributed by atoms with E-state index in [1.54, 1.807) is 0 Å². The Hall–Kier alpha value is -2.45. The molecule has 3 aromatic rings. The molecule has 2 nitrogen and oxygen atoms in total. The molecule has 0 fully saturated rings. The molecule has 24 heavy (non-hydrogen) atoms. The van der Waals surface area contributed by atoms with Crippen molar-refractivity contribution in [1.82, 2.24) is 10.3 Å². The predicted molar refractivity (Wildman–Crippen MR) is 104 cm³/mol. The number of hydrogen-bond acceptors (Lipinski definition) is 2. The fourth-order valence-corrected chi connectivity index (χ4v) is 2.54. The zero-order valence-corrected chi connectivity index (χ0v) is 14.8. The first kappa shape index (κ1) is 17.9. The highest BCUT2D eigenvalue weighted by atomic mass is 14.8. The van der Waals surface area contributed by atoms with Gasteiger partial charge in [-0.05, 0) is 23.7 Å². The van der Waals surface area contributed by atoms with Gasteiger partial charge in [-0.2, -0.15) is 0 Å². The molecule has 2 aromatic carbocycles. The van der Waals surface area contributed by atoms with E-state index < -0.39 is 0 Å². The molecule has 0 amide bonds. The minimum absolute atomic E-state index is 0.907. The molecule has 0 bridgehead atoms. The van der Waals surface area contributed by atoms with E-state index in [-0.39, 0.29) is 0 Å². The SMILES string of the molecule is CC.CCNCc1ccc(-c2ncccc2-c2ccccc2)cc1. The number of pyridine rings is 1. The zero-order valence-electron chi connectivity index (χ0n) is 14.8. The van der Waals surface area contributed by atoms with Crippen molar-refractivity contribution in [3.63, 3.8) is 0 Å². The quantitative estimate of drug-likeness (QED) is 0.667. The number of benzene rings is 2. The molecule has 0 saturated carbocycles. The van der Waals surface area contributed by atoms with Crippen molar-refractivity contribution in [1.29, 1.82) is 0 Å². The summed E-state index contributed by atoms with van der Waals surface area (Å²) in [5, 5.41) is 3.35. The lowest BCUT2D eigenvalue weighted by molar-refractivity contribution is 0.727. The summed E-state index contributed by atoms with van der Waals surface area (Å²) in [4.78, 5) is 4.60. The fourth-order valence-electron chi connectivity index (χ4n) is 2.54. The Bertz CT molecular complexity index is 718. The third-order valence-corrected chi connectivity index (χ3v) is 3.70. The molecule has 0 aliphatic carbocycles. The molecule has 1 aromatic heterocycles. The normalized spacial score (nSPS) is 9.96. The fraction of sp³-hybridized carbons (Fsp3) is 0.227. The van der Waals surface area contributed by atoms with Gasteiger partial charge < -0.3 is 5.32 Å². The van der Waals surface area contributed by atoms with Gasteiger partial charge in [0.2, 0.25) is 0 Å². The summed E-state index contributed by atoms with van der Waals surface area (Å²) >= 11 is 0. The summed E-state index contributed by atoms with van der Waals surface area (Å²) in [5.41, 5.74) is 5.84.